The van der Waals surface area contributed by atoms with E-state index in [9.17, 15) is 15.2 Å². The molecule has 0 bridgehead atoms. The van der Waals surface area contributed by atoms with Crippen LogP contribution in [0.1, 0.15) is 12.0 Å². The second-order valence-electron chi connectivity index (χ2n) is 2.76. The predicted molar refractivity (Wildman–Crippen MR) is 54.0 cm³/mol. The first kappa shape index (κ1) is 10.7. The maximum atomic E-state index is 10.4. The lowest BCUT2D eigenvalue weighted by atomic mass is 10.1. The van der Waals surface area contributed by atoms with Gasteiger partial charge in [0.2, 0.25) is 0 Å². The van der Waals surface area contributed by atoms with Crippen LogP contribution < -0.4 is 0 Å². The standard InChI is InChI=1S/C10H8N2O3/c11-6-2-1-3-8-7-9(12(14)15)4-5-10(8)13/h1,3-5,7,13H,2H2. The summed E-state index contributed by atoms with van der Waals surface area (Å²) in [6.45, 7) is 0. The number of nitrogens with zero attached hydrogens (tertiary/aromatic N) is 2. The van der Waals surface area contributed by atoms with Crippen molar-refractivity contribution in [1.29, 1.82) is 5.26 Å². The normalized spacial score (nSPS) is 10.1. The van der Waals surface area contributed by atoms with Crippen LogP contribution in [0, 0.1) is 21.4 Å². The lowest BCUT2D eigenvalue weighted by Crippen LogP contribution is -1.88. The molecule has 76 valence electrons. The maximum Gasteiger partial charge on any atom is 0.270 e. The summed E-state index contributed by atoms with van der Waals surface area (Å²) in [5, 5.41) is 28.1. The molecule has 0 amide bonds. The highest BCUT2D eigenvalue weighted by Gasteiger charge is 2.07. The highest BCUT2D eigenvalue weighted by molar-refractivity contribution is 5.60. The molecule has 15 heavy (non-hydrogen) atoms. The van der Waals surface area contributed by atoms with Crippen LogP contribution in [0.4, 0.5) is 5.69 Å². The van der Waals surface area contributed by atoms with Gasteiger partial charge in [-0.25, -0.2) is 0 Å². The quantitative estimate of drug-likeness (QED) is 0.604. The van der Waals surface area contributed by atoms with Gasteiger partial charge in [-0.3, -0.25) is 10.1 Å². The number of hydrogen-bond acceptors (Lipinski definition) is 4. The van der Waals surface area contributed by atoms with Gasteiger partial charge in [-0.15, -0.1) is 0 Å². The molecule has 0 saturated carbocycles. The second kappa shape index (κ2) is 4.77. The number of phenols is 1. The number of rotatable bonds is 3. The molecule has 0 aliphatic heterocycles. The van der Waals surface area contributed by atoms with Crippen molar-refractivity contribution in [3.05, 3.63) is 40.0 Å². The van der Waals surface area contributed by atoms with Gasteiger partial charge in [0.15, 0.2) is 0 Å². The fraction of sp³-hybridized carbons (Fsp3) is 0.100. The molecule has 5 heteroatoms. The van der Waals surface area contributed by atoms with Crippen molar-refractivity contribution in [1.82, 2.24) is 0 Å². The number of benzene rings is 1. The fourth-order valence-corrected chi connectivity index (χ4v) is 1.03. The van der Waals surface area contributed by atoms with Gasteiger partial charge < -0.3 is 5.11 Å². The van der Waals surface area contributed by atoms with Crippen molar-refractivity contribution in [2.24, 2.45) is 0 Å². The number of phenolic OH excluding ortho intramolecular Hbond substituents is 1. The molecule has 0 heterocycles. The largest absolute Gasteiger partial charge is 0.507 e. The van der Waals surface area contributed by atoms with E-state index in [1.54, 1.807) is 0 Å². The number of hydrogen-bond donors (Lipinski definition) is 1. The first-order valence-electron chi connectivity index (χ1n) is 4.16. The third-order valence-electron chi connectivity index (χ3n) is 1.73. The summed E-state index contributed by atoms with van der Waals surface area (Å²) >= 11 is 0. The molecule has 0 unspecified atom stereocenters. The number of nitro benzene ring substituents is 1. The molecule has 1 aromatic carbocycles. The van der Waals surface area contributed by atoms with Gasteiger partial charge in [-0.1, -0.05) is 12.2 Å². The summed E-state index contributed by atoms with van der Waals surface area (Å²) in [7, 11) is 0. The van der Waals surface area contributed by atoms with Crippen molar-refractivity contribution >= 4 is 11.8 Å². The van der Waals surface area contributed by atoms with Gasteiger partial charge in [-0.05, 0) is 6.07 Å². The lowest BCUT2D eigenvalue weighted by molar-refractivity contribution is -0.384. The Morgan fingerprint density at radius 3 is 2.93 bits per heavy atom. The molecule has 0 spiro atoms. The Kier molecular flexibility index (Phi) is 3.41. The van der Waals surface area contributed by atoms with E-state index in [0.717, 1.165) is 0 Å². The molecule has 0 aliphatic carbocycles. The number of aromatic hydroxyl groups is 1. The molecule has 0 atom stereocenters. The molecule has 0 aromatic heterocycles. The number of nitro groups is 1. The average molecular weight is 204 g/mol. The van der Waals surface area contributed by atoms with Crippen LogP contribution in [0.3, 0.4) is 0 Å². The molecule has 1 aromatic rings. The molecule has 0 radical (unpaired) electrons. The van der Waals surface area contributed by atoms with E-state index in [0.29, 0.717) is 5.56 Å². The first-order valence-corrected chi connectivity index (χ1v) is 4.16. The van der Waals surface area contributed by atoms with E-state index in [2.05, 4.69) is 0 Å². The van der Waals surface area contributed by atoms with Crippen LogP contribution >= 0.6 is 0 Å². The fourth-order valence-electron chi connectivity index (χ4n) is 1.03. The molecular formula is C10H8N2O3. The molecule has 5 nitrogen and oxygen atoms in total. The van der Waals surface area contributed by atoms with E-state index in [-0.39, 0.29) is 17.9 Å². The maximum absolute atomic E-state index is 10.4. The predicted octanol–water partition coefficient (Wildman–Crippen LogP) is 2.23. The van der Waals surface area contributed by atoms with E-state index >= 15 is 0 Å². The van der Waals surface area contributed by atoms with Crippen molar-refractivity contribution in [2.45, 2.75) is 6.42 Å². The average Bonchev–Trinajstić information content (AvgIpc) is 2.20. The smallest absolute Gasteiger partial charge is 0.270 e. The molecule has 0 saturated heterocycles. The zero-order valence-electron chi connectivity index (χ0n) is 7.75. The number of non-ortho nitro benzene ring substituents is 1. The topological polar surface area (TPSA) is 87.2 Å². The van der Waals surface area contributed by atoms with Gasteiger partial charge in [0, 0.05) is 17.7 Å². The molecular weight excluding hydrogens is 196 g/mol. The van der Waals surface area contributed by atoms with E-state index in [4.69, 9.17) is 5.26 Å². The Morgan fingerprint density at radius 2 is 2.33 bits per heavy atom. The van der Waals surface area contributed by atoms with Gasteiger partial charge in [0.25, 0.3) is 5.69 Å². The molecule has 1 rings (SSSR count). The van der Waals surface area contributed by atoms with Gasteiger partial charge >= 0.3 is 0 Å². The van der Waals surface area contributed by atoms with Crippen molar-refractivity contribution in [3.63, 3.8) is 0 Å². The van der Waals surface area contributed by atoms with Gasteiger partial charge in [0.05, 0.1) is 17.4 Å². The molecule has 0 fully saturated rings. The monoisotopic (exact) mass is 204 g/mol. The SMILES string of the molecule is N#CCC=Cc1cc([N+](=O)[O-])ccc1O. The molecule has 1 N–H and O–H groups in total. The minimum atomic E-state index is -0.541. The third kappa shape index (κ3) is 2.81. The van der Waals surface area contributed by atoms with Crippen LogP contribution in [0.2, 0.25) is 0 Å². The third-order valence-corrected chi connectivity index (χ3v) is 1.73. The first-order chi connectivity index (χ1) is 7.15. The van der Waals surface area contributed by atoms with Gasteiger partial charge in [-0.2, -0.15) is 5.26 Å². The van der Waals surface area contributed by atoms with Crippen LogP contribution in [0.25, 0.3) is 6.08 Å². The summed E-state index contributed by atoms with van der Waals surface area (Å²) in [5.74, 6) is -0.0465. The van der Waals surface area contributed by atoms with Crippen LogP contribution in [0.15, 0.2) is 24.3 Å². The van der Waals surface area contributed by atoms with E-state index < -0.39 is 4.92 Å². The highest BCUT2D eigenvalue weighted by atomic mass is 16.6. The van der Waals surface area contributed by atoms with Crippen LogP contribution in [0.5, 0.6) is 5.75 Å². The zero-order chi connectivity index (χ0) is 11.3. The summed E-state index contributed by atoms with van der Waals surface area (Å²) in [4.78, 5) is 9.90. The lowest BCUT2D eigenvalue weighted by Gasteiger charge is -1.98. The summed E-state index contributed by atoms with van der Waals surface area (Å²) in [5.41, 5.74) is 0.240. The number of allylic oxidation sites excluding steroid dienone is 1. The summed E-state index contributed by atoms with van der Waals surface area (Å²) in [6, 6.07) is 5.62. The minimum Gasteiger partial charge on any atom is -0.507 e. The summed E-state index contributed by atoms with van der Waals surface area (Å²) in [6.07, 6.45) is 3.20. The zero-order valence-corrected chi connectivity index (χ0v) is 7.75. The van der Waals surface area contributed by atoms with Crippen molar-refractivity contribution in [3.8, 4) is 11.8 Å². The Balaban J connectivity index is 3.01. The Labute approximate surface area is 86.0 Å². The van der Waals surface area contributed by atoms with Crippen molar-refractivity contribution in [2.75, 3.05) is 0 Å². The van der Waals surface area contributed by atoms with Gasteiger partial charge in [0.1, 0.15) is 5.75 Å². The summed E-state index contributed by atoms with van der Waals surface area (Å²) < 4.78 is 0. The van der Waals surface area contributed by atoms with Crippen molar-refractivity contribution < 1.29 is 10.0 Å². The van der Waals surface area contributed by atoms with E-state index in [1.807, 2.05) is 6.07 Å². The second-order valence-corrected chi connectivity index (χ2v) is 2.76. The van der Waals surface area contributed by atoms with E-state index in [1.165, 1.54) is 30.4 Å². The Morgan fingerprint density at radius 1 is 1.60 bits per heavy atom. The molecule has 0 aliphatic rings. The number of nitriles is 1. The Bertz CT molecular complexity index is 446. The minimum absolute atomic E-state index is 0.0465. The highest BCUT2D eigenvalue weighted by Crippen LogP contribution is 2.23. The van der Waals surface area contributed by atoms with Crippen LogP contribution in [-0.4, -0.2) is 10.0 Å². The Hall–Kier alpha value is -2.35. The van der Waals surface area contributed by atoms with Crippen LogP contribution in [-0.2, 0) is 0 Å².